The van der Waals surface area contributed by atoms with Crippen molar-refractivity contribution in [2.24, 2.45) is 0 Å². The Morgan fingerprint density at radius 3 is 2.04 bits per heavy atom. The van der Waals surface area contributed by atoms with Gasteiger partial charge < -0.3 is 24.4 Å². The molecule has 4 rings (SSSR count). The number of carbonyl (C=O) groups is 2. The predicted octanol–water partition coefficient (Wildman–Crippen LogP) is 6.96. The highest BCUT2D eigenvalue weighted by atomic mass is 16.5. The van der Waals surface area contributed by atoms with Crippen LogP contribution in [0, 0.1) is 0 Å². The van der Waals surface area contributed by atoms with Crippen molar-refractivity contribution in [3.63, 3.8) is 0 Å². The van der Waals surface area contributed by atoms with E-state index in [1.165, 1.54) is 0 Å². The van der Waals surface area contributed by atoms with Crippen LogP contribution in [0.5, 0.6) is 11.5 Å². The molecule has 0 fully saturated rings. The molecule has 0 spiro atoms. The van der Waals surface area contributed by atoms with Gasteiger partial charge >= 0.3 is 11.9 Å². The van der Waals surface area contributed by atoms with Crippen molar-refractivity contribution in [2.45, 2.75) is 38.8 Å². The first-order valence-corrected chi connectivity index (χ1v) is 15.2. The Hall–Kier alpha value is -4.66. The lowest BCUT2D eigenvalue weighted by Crippen LogP contribution is -2.27. The monoisotopic (exact) mass is 611 g/mol. The highest BCUT2D eigenvalue weighted by Gasteiger charge is 2.11. The molecule has 0 aliphatic carbocycles. The van der Waals surface area contributed by atoms with Gasteiger partial charge in [-0.15, -0.1) is 0 Å². The zero-order valence-electron chi connectivity index (χ0n) is 25.7. The largest absolute Gasteiger partial charge is 0.491 e. The number of hydrogen-bond donors (Lipinski definition) is 2. The van der Waals surface area contributed by atoms with Crippen LogP contribution in [0.1, 0.15) is 46.3 Å². The van der Waals surface area contributed by atoms with Gasteiger partial charge in [0.25, 0.3) is 0 Å². The molecule has 0 aliphatic rings. The molecule has 0 saturated heterocycles. The van der Waals surface area contributed by atoms with E-state index in [-0.39, 0.29) is 12.0 Å². The van der Waals surface area contributed by atoms with Crippen LogP contribution in [0.3, 0.4) is 0 Å². The molecule has 8 heteroatoms. The van der Waals surface area contributed by atoms with Crippen molar-refractivity contribution in [2.75, 3.05) is 33.4 Å². The number of ether oxygens (including phenoxy) is 3. The Morgan fingerprint density at radius 1 is 0.711 bits per heavy atom. The maximum Gasteiger partial charge on any atom is 0.335 e. The van der Waals surface area contributed by atoms with Gasteiger partial charge in [0, 0.05) is 26.6 Å². The number of aliphatic carboxylic acids is 1. The fourth-order valence-corrected chi connectivity index (χ4v) is 4.96. The first kappa shape index (κ1) is 33.2. The van der Waals surface area contributed by atoms with Gasteiger partial charge in [-0.05, 0) is 84.0 Å². The smallest absolute Gasteiger partial charge is 0.335 e. The zero-order chi connectivity index (χ0) is 31.9. The molecule has 0 aliphatic heterocycles. The lowest BCUT2D eigenvalue weighted by atomic mass is 10.0. The van der Waals surface area contributed by atoms with Gasteiger partial charge in [-0.2, -0.15) is 0 Å². The van der Waals surface area contributed by atoms with Crippen LogP contribution in [-0.4, -0.2) is 60.5 Å². The molecule has 4 aromatic rings. The van der Waals surface area contributed by atoms with Crippen molar-refractivity contribution < 1.29 is 34.0 Å². The van der Waals surface area contributed by atoms with Gasteiger partial charge in [0.2, 0.25) is 0 Å². The minimum atomic E-state index is -0.950. The van der Waals surface area contributed by atoms with E-state index in [0.29, 0.717) is 32.8 Å². The second-order valence-corrected chi connectivity index (χ2v) is 10.8. The SMILES string of the molecule is COCCOc1ccc(-c2ccc(COc3ccccc3CCN(CCCCC(=O)O)Cc3ccc(C(=O)O)cc3)cc2)cc1. The van der Waals surface area contributed by atoms with Gasteiger partial charge in [-0.1, -0.05) is 66.7 Å². The molecule has 2 N–H and O–H groups in total. The Kier molecular flexibility index (Phi) is 13.0. The molecule has 8 nitrogen and oxygen atoms in total. The van der Waals surface area contributed by atoms with Crippen LogP contribution < -0.4 is 9.47 Å². The summed E-state index contributed by atoms with van der Waals surface area (Å²) in [4.78, 5) is 24.5. The molecular weight excluding hydrogens is 570 g/mol. The molecule has 236 valence electrons. The topological polar surface area (TPSA) is 106 Å². The maximum atomic E-state index is 11.2. The van der Waals surface area contributed by atoms with Gasteiger partial charge in [0.05, 0.1) is 12.2 Å². The number of hydrogen-bond acceptors (Lipinski definition) is 6. The van der Waals surface area contributed by atoms with E-state index in [1.807, 2.05) is 54.6 Å². The lowest BCUT2D eigenvalue weighted by molar-refractivity contribution is -0.137. The highest BCUT2D eigenvalue weighted by molar-refractivity contribution is 5.87. The van der Waals surface area contributed by atoms with Crippen molar-refractivity contribution in [3.8, 4) is 22.6 Å². The average Bonchev–Trinajstić information content (AvgIpc) is 3.05. The van der Waals surface area contributed by atoms with Crippen LogP contribution in [0.25, 0.3) is 11.1 Å². The van der Waals surface area contributed by atoms with Crippen molar-refractivity contribution in [1.82, 2.24) is 4.90 Å². The summed E-state index contributed by atoms with van der Waals surface area (Å²) in [5, 5.41) is 18.2. The summed E-state index contributed by atoms with van der Waals surface area (Å²) < 4.78 is 17.0. The van der Waals surface area contributed by atoms with Crippen LogP contribution in [-0.2, 0) is 29.1 Å². The standard InChI is InChI=1S/C37H41NO7/c1-43-24-25-44-34-19-17-31(18-20-34)30-13-11-29(12-14-30)27-45-35-7-3-2-6-32(35)21-23-38(22-5-4-8-36(39)40)26-28-9-15-33(16-10-28)37(41)42/h2-3,6-7,9-20H,4-5,8,21-27H2,1H3,(H,39,40)(H,41,42). The molecule has 0 bridgehead atoms. The van der Waals surface area contributed by atoms with Crippen molar-refractivity contribution in [3.05, 3.63) is 119 Å². The van der Waals surface area contributed by atoms with Crippen LogP contribution >= 0.6 is 0 Å². The van der Waals surface area contributed by atoms with Crippen LogP contribution in [0.2, 0.25) is 0 Å². The average molecular weight is 612 g/mol. The quantitative estimate of drug-likeness (QED) is 0.110. The summed E-state index contributed by atoms with van der Waals surface area (Å²) in [7, 11) is 1.65. The lowest BCUT2D eigenvalue weighted by Gasteiger charge is -2.23. The summed E-state index contributed by atoms with van der Waals surface area (Å²) in [6, 6.07) is 31.3. The van der Waals surface area contributed by atoms with E-state index in [1.54, 1.807) is 19.2 Å². The summed E-state index contributed by atoms with van der Waals surface area (Å²) in [6.45, 7) is 3.65. The molecular formula is C37H41NO7. The second kappa shape index (κ2) is 17.6. The minimum absolute atomic E-state index is 0.148. The van der Waals surface area contributed by atoms with Gasteiger partial charge in [0.15, 0.2) is 0 Å². The molecule has 4 aromatic carbocycles. The number of nitrogens with zero attached hydrogens (tertiary/aromatic N) is 1. The van der Waals surface area contributed by atoms with E-state index >= 15 is 0 Å². The first-order chi connectivity index (χ1) is 21.9. The van der Waals surface area contributed by atoms with Crippen LogP contribution in [0.15, 0.2) is 97.1 Å². The number of para-hydroxylation sites is 1. The number of carboxylic acids is 2. The minimum Gasteiger partial charge on any atom is -0.491 e. The third kappa shape index (κ3) is 11.1. The highest BCUT2D eigenvalue weighted by Crippen LogP contribution is 2.25. The third-order valence-corrected chi connectivity index (χ3v) is 7.48. The Labute approximate surface area is 264 Å². The maximum absolute atomic E-state index is 11.2. The van der Waals surface area contributed by atoms with E-state index in [0.717, 1.165) is 65.2 Å². The Morgan fingerprint density at radius 2 is 1.38 bits per heavy atom. The summed E-state index contributed by atoms with van der Waals surface area (Å²) in [5.74, 6) is -0.0864. The zero-order valence-corrected chi connectivity index (χ0v) is 25.7. The molecule has 0 aromatic heterocycles. The Balaban J connectivity index is 1.34. The fourth-order valence-electron chi connectivity index (χ4n) is 4.96. The molecule has 0 unspecified atom stereocenters. The normalized spacial score (nSPS) is 11.0. The van der Waals surface area contributed by atoms with Crippen molar-refractivity contribution in [1.29, 1.82) is 0 Å². The predicted molar refractivity (Wildman–Crippen MR) is 174 cm³/mol. The number of carboxylic acid groups (broad SMARTS) is 2. The number of methoxy groups -OCH3 is 1. The molecule has 0 saturated carbocycles. The fraction of sp³-hybridized carbons (Fsp3) is 0.297. The van der Waals surface area contributed by atoms with Gasteiger partial charge in [-0.3, -0.25) is 9.69 Å². The number of aromatic carboxylic acids is 1. The molecule has 0 amide bonds. The van der Waals surface area contributed by atoms with E-state index in [2.05, 4.69) is 35.2 Å². The summed E-state index contributed by atoms with van der Waals surface area (Å²) >= 11 is 0. The number of rotatable bonds is 19. The van der Waals surface area contributed by atoms with E-state index in [9.17, 15) is 14.7 Å². The number of unbranched alkanes of at least 4 members (excludes halogenated alkanes) is 1. The summed E-state index contributed by atoms with van der Waals surface area (Å²) in [5.41, 5.74) is 5.65. The van der Waals surface area contributed by atoms with Crippen molar-refractivity contribution >= 4 is 11.9 Å². The Bertz CT molecular complexity index is 1480. The molecule has 45 heavy (non-hydrogen) atoms. The second-order valence-electron chi connectivity index (χ2n) is 10.8. The van der Waals surface area contributed by atoms with E-state index in [4.69, 9.17) is 19.3 Å². The van der Waals surface area contributed by atoms with Crippen LogP contribution in [0.4, 0.5) is 0 Å². The van der Waals surface area contributed by atoms with Gasteiger partial charge in [-0.25, -0.2) is 4.79 Å². The molecule has 0 radical (unpaired) electrons. The molecule has 0 atom stereocenters. The van der Waals surface area contributed by atoms with E-state index < -0.39 is 11.9 Å². The summed E-state index contributed by atoms with van der Waals surface area (Å²) in [6.07, 6.45) is 2.28. The number of benzene rings is 4. The van der Waals surface area contributed by atoms with Gasteiger partial charge in [0.1, 0.15) is 24.7 Å². The molecule has 0 heterocycles. The first-order valence-electron chi connectivity index (χ1n) is 15.2. The third-order valence-electron chi connectivity index (χ3n) is 7.48.